The van der Waals surface area contributed by atoms with Gasteiger partial charge >= 0.3 is 0 Å². The number of fused-ring (bicyclic) bond motifs is 1. The SMILES string of the molecule is C=CC(C)C(=N)CCC[C@H](N)C(=O)C1CCCC(CC(=O)c2ccc(C(=N)C3=NC=CC4C(=C)C(c5ccc(OC)c(F)c5F)=CN=C34)cc2CC)C1. The number of benzene rings is 2. The van der Waals surface area contributed by atoms with Crippen LogP contribution >= 0.6 is 0 Å². The highest BCUT2D eigenvalue weighted by Crippen LogP contribution is 2.38. The lowest BCUT2D eigenvalue weighted by Gasteiger charge is -2.29. The number of hydrogen-bond donors (Lipinski definition) is 3. The molecule has 278 valence electrons. The number of halogens is 2. The van der Waals surface area contributed by atoms with Crippen LogP contribution in [-0.4, -0.2) is 47.6 Å². The number of nitrogens with one attached hydrogen (secondary N) is 2. The van der Waals surface area contributed by atoms with Crippen molar-refractivity contribution in [1.82, 2.24) is 0 Å². The molecule has 1 fully saturated rings. The molecule has 1 saturated carbocycles. The number of aliphatic imine (C=N–C) groups is 2. The fourth-order valence-electron chi connectivity index (χ4n) is 7.53. The number of ether oxygens (including phenoxy) is 1. The zero-order valence-corrected chi connectivity index (χ0v) is 30.8. The number of carbonyl (C=O) groups is 2. The van der Waals surface area contributed by atoms with E-state index in [1.165, 1.54) is 25.4 Å². The molecule has 4 unspecified atom stereocenters. The van der Waals surface area contributed by atoms with Crippen molar-refractivity contribution in [2.75, 3.05) is 7.11 Å². The first-order valence-electron chi connectivity index (χ1n) is 18.4. The lowest BCUT2D eigenvalue weighted by atomic mass is 9.75. The van der Waals surface area contributed by atoms with E-state index in [-0.39, 0.29) is 46.3 Å². The van der Waals surface area contributed by atoms with Gasteiger partial charge in [-0.3, -0.25) is 25.0 Å². The Morgan fingerprint density at radius 2 is 1.91 bits per heavy atom. The van der Waals surface area contributed by atoms with Gasteiger partial charge in [0.2, 0.25) is 5.82 Å². The monoisotopic (exact) mass is 721 g/mol. The van der Waals surface area contributed by atoms with Gasteiger partial charge < -0.3 is 15.9 Å². The molecule has 0 radical (unpaired) electrons. The van der Waals surface area contributed by atoms with E-state index < -0.39 is 23.6 Å². The van der Waals surface area contributed by atoms with Crippen molar-refractivity contribution in [3.63, 3.8) is 0 Å². The van der Waals surface area contributed by atoms with Gasteiger partial charge in [0.05, 0.1) is 24.6 Å². The molecule has 0 amide bonds. The van der Waals surface area contributed by atoms with Crippen molar-refractivity contribution in [2.24, 2.45) is 39.4 Å². The molecule has 5 atom stereocenters. The van der Waals surface area contributed by atoms with E-state index in [9.17, 15) is 14.0 Å². The molecule has 5 rings (SSSR count). The second-order valence-corrected chi connectivity index (χ2v) is 14.2. The molecule has 2 aromatic rings. The molecule has 4 N–H and O–H groups in total. The van der Waals surface area contributed by atoms with Crippen LogP contribution in [0, 0.1) is 46.1 Å². The van der Waals surface area contributed by atoms with Crippen LogP contribution < -0.4 is 10.5 Å². The highest BCUT2D eigenvalue weighted by atomic mass is 19.2. The zero-order valence-electron chi connectivity index (χ0n) is 30.8. The second kappa shape index (κ2) is 17.2. The summed E-state index contributed by atoms with van der Waals surface area (Å²) in [7, 11) is 1.27. The lowest BCUT2D eigenvalue weighted by molar-refractivity contribution is -0.125. The number of hydrogen-bond acceptors (Lipinski definition) is 8. The van der Waals surface area contributed by atoms with Gasteiger partial charge in [0.1, 0.15) is 5.71 Å². The first-order chi connectivity index (χ1) is 25.4. The fourth-order valence-corrected chi connectivity index (χ4v) is 7.53. The summed E-state index contributed by atoms with van der Waals surface area (Å²) < 4.78 is 34.4. The van der Waals surface area contributed by atoms with Crippen LogP contribution in [0.2, 0.25) is 0 Å². The molecular formula is C43H49F2N5O3. The molecule has 2 aliphatic heterocycles. The van der Waals surface area contributed by atoms with Gasteiger partial charge in [0.25, 0.3) is 0 Å². The number of methoxy groups -OCH3 is 1. The number of nitrogens with two attached hydrogens (primary N) is 1. The third kappa shape index (κ3) is 8.49. The van der Waals surface area contributed by atoms with Gasteiger partial charge in [-0.2, -0.15) is 4.39 Å². The van der Waals surface area contributed by atoms with E-state index in [0.29, 0.717) is 77.9 Å². The lowest BCUT2D eigenvalue weighted by Crippen LogP contribution is -2.38. The summed E-state index contributed by atoms with van der Waals surface area (Å²) in [6.07, 6.45) is 12.4. The topological polar surface area (TPSA) is 142 Å². The summed E-state index contributed by atoms with van der Waals surface area (Å²) in [5, 5.41) is 17.2. The molecule has 0 spiro atoms. The minimum absolute atomic E-state index is 0.0124. The van der Waals surface area contributed by atoms with Crippen LogP contribution in [0.1, 0.15) is 92.3 Å². The molecule has 8 nitrogen and oxygen atoms in total. The van der Waals surface area contributed by atoms with Gasteiger partial charge in [-0.1, -0.05) is 51.1 Å². The summed E-state index contributed by atoms with van der Waals surface area (Å²) in [6, 6.07) is 7.59. The molecule has 53 heavy (non-hydrogen) atoms. The molecule has 1 aliphatic carbocycles. The molecule has 2 heterocycles. The number of allylic oxidation sites excluding steroid dienone is 4. The highest BCUT2D eigenvalue weighted by molar-refractivity contribution is 6.72. The molecule has 2 aromatic carbocycles. The van der Waals surface area contributed by atoms with Crippen LogP contribution in [0.3, 0.4) is 0 Å². The Bertz CT molecular complexity index is 1960. The van der Waals surface area contributed by atoms with E-state index >= 15 is 4.39 Å². The number of aryl methyl sites for hydroxylation is 1. The summed E-state index contributed by atoms with van der Waals surface area (Å²) in [4.78, 5) is 36.0. The summed E-state index contributed by atoms with van der Waals surface area (Å²) in [5.74, 6) is -2.84. The Hall–Kier alpha value is -4.96. The van der Waals surface area contributed by atoms with Crippen molar-refractivity contribution >= 4 is 40.0 Å². The van der Waals surface area contributed by atoms with Crippen molar-refractivity contribution in [3.8, 4) is 5.75 Å². The average Bonchev–Trinajstić information content (AvgIpc) is 3.17. The number of ketones is 2. The minimum atomic E-state index is -1.09. The van der Waals surface area contributed by atoms with Crippen LogP contribution in [0.15, 0.2) is 83.6 Å². The van der Waals surface area contributed by atoms with Crippen molar-refractivity contribution in [3.05, 3.63) is 108 Å². The molecule has 3 aliphatic rings. The highest BCUT2D eigenvalue weighted by Gasteiger charge is 2.34. The van der Waals surface area contributed by atoms with Crippen molar-refractivity contribution in [1.29, 1.82) is 10.8 Å². The average molecular weight is 722 g/mol. The van der Waals surface area contributed by atoms with E-state index in [0.717, 1.165) is 24.8 Å². The number of nitrogens with zero attached hydrogens (tertiary/aromatic N) is 2. The number of carbonyl (C=O) groups excluding carboxylic acids is 2. The van der Waals surface area contributed by atoms with Crippen molar-refractivity contribution in [2.45, 2.75) is 77.7 Å². The Morgan fingerprint density at radius 3 is 2.62 bits per heavy atom. The number of Topliss-reactive ketones (excluding diaryl/α,β-unsaturated/α-hetero) is 2. The predicted octanol–water partition coefficient (Wildman–Crippen LogP) is 8.83. The van der Waals surface area contributed by atoms with E-state index in [2.05, 4.69) is 23.1 Å². The normalized spacial score (nSPS) is 20.7. The van der Waals surface area contributed by atoms with Gasteiger partial charge in [-0.15, -0.1) is 6.58 Å². The van der Waals surface area contributed by atoms with Crippen LogP contribution in [-0.2, 0) is 11.2 Å². The number of rotatable bonds is 16. The Kier molecular flexibility index (Phi) is 12.8. The Morgan fingerprint density at radius 1 is 1.13 bits per heavy atom. The Labute approximate surface area is 310 Å². The van der Waals surface area contributed by atoms with Crippen LogP contribution in [0.4, 0.5) is 8.78 Å². The second-order valence-electron chi connectivity index (χ2n) is 14.2. The third-order valence-corrected chi connectivity index (χ3v) is 10.8. The maximum Gasteiger partial charge on any atom is 0.201 e. The van der Waals surface area contributed by atoms with E-state index in [1.807, 2.05) is 19.9 Å². The van der Waals surface area contributed by atoms with E-state index in [4.69, 9.17) is 21.3 Å². The Balaban J connectivity index is 1.25. The molecule has 0 saturated heterocycles. The maximum absolute atomic E-state index is 15.0. The fraction of sp³-hybridized carbons (Fsp3) is 0.395. The molecular weight excluding hydrogens is 673 g/mol. The van der Waals surface area contributed by atoms with E-state index in [1.54, 1.807) is 30.5 Å². The molecule has 0 bridgehead atoms. The van der Waals surface area contributed by atoms with Crippen LogP contribution in [0.25, 0.3) is 5.57 Å². The predicted molar refractivity (Wildman–Crippen MR) is 208 cm³/mol. The maximum atomic E-state index is 15.0. The first-order valence-corrected chi connectivity index (χ1v) is 18.4. The summed E-state index contributed by atoms with van der Waals surface area (Å²) in [6.45, 7) is 11.8. The third-order valence-electron chi connectivity index (χ3n) is 10.8. The molecule has 10 heteroatoms. The minimum Gasteiger partial charge on any atom is -0.494 e. The summed E-state index contributed by atoms with van der Waals surface area (Å²) >= 11 is 0. The quantitative estimate of drug-likeness (QED) is 0.0905. The largest absolute Gasteiger partial charge is 0.494 e. The van der Waals surface area contributed by atoms with Gasteiger partial charge in [0, 0.05) is 64.5 Å². The first kappa shape index (κ1) is 39.3. The molecule has 0 aromatic heterocycles. The van der Waals surface area contributed by atoms with Crippen LogP contribution in [0.5, 0.6) is 5.75 Å². The van der Waals surface area contributed by atoms with Crippen molar-refractivity contribution < 1.29 is 23.1 Å². The standard InChI is InChI=1S/C43H49F2N5O3/c1-6-24(3)34(46)12-9-13-35(47)43(52)29-11-8-10-26(20-29)21-36(51)31-15-14-28(22-27(31)7-2)40(48)42-41-30(18-19-49-42)25(4)33(23-50-41)32-16-17-37(53-5)39(45)38(32)44/h6,14-19,22-24,26,29-30,35,46,48H,1,4,7-13,20-21,47H2,2-3,5H3/t24?,26?,29?,30?,35-/m0/s1. The summed E-state index contributed by atoms with van der Waals surface area (Å²) in [5.41, 5.74) is 10.7. The van der Waals surface area contributed by atoms with Gasteiger partial charge in [-0.25, -0.2) is 4.39 Å². The zero-order chi connectivity index (χ0) is 38.4. The smallest absolute Gasteiger partial charge is 0.201 e. The van der Waals surface area contributed by atoms with Gasteiger partial charge in [-0.05, 0) is 80.2 Å². The van der Waals surface area contributed by atoms with Gasteiger partial charge in [0.15, 0.2) is 23.1 Å².